The molecule has 0 saturated carbocycles. The molecule has 0 aliphatic rings. The molecule has 2 aromatic rings. The lowest BCUT2D eigenvalue weighted by Gasteiger charge is -2.02. The van der Waals surface area contributed by atoms with Crippen molar-refractivity contribution in [2.45, 2.75) is 0 Å². The quantitative estimate of drug-likeness (QED) is 0.730. The fourth-order valence-corrected chi connectivity index (χ4v) is 1.37. The van der Waals surface area contributed by atoms with Gasteiger partial charge in [-0.05, 0) is 18.2 Å². The van der Waals surface area contributed by atoms with Gasteiger partial charge in [0.2, 0.25) is 0 Å². The van der Waals surface area contributed by atoms with Gasteiger partial charge in [0.1, 0.15) is 0 Å². The van der Waals surface area contributed by atoms with Crippen LogP contribution in [-0.2, 0) is 0 Å². The van der Waals surface area contributed by atoms with E-state index in [-0.39, 0.29) is 0 Å². The minimum absolute atomic E-state index is 0.593. The van der Waals surface area contributed by atoms with Crippen molar-refractivity contribution < 1.29 is 0 Å². The van der Waals surface area contributed by atoms with Crippen LogP contribution in [0.3, 0.4) is 0 Å². The summed E-state index contributed by atoms with van der Waals surface area (Å²) in [5.74, 6) is 0. The minimum Gasteiger partial charge on any atom is -0.219 e. The highest BCUT2D eigenvalue weighted by molar-refractivity contribution is 6.34. The summed E-state index contributed by atoms with van der Waals surface area (Å²) in [5, 5.41) is 8.71. The van der Waals surface area contributed by atoms with Crippen LogP contribution in [0.15, 0.2) is 30.6 Å². The van der Waals surface area contributed by atoms with Crippen LogP contribution < -0.4 is 0 Å². The van der Waals surface area contributed by atoms with Gasteiger partial charge in [0.15, 0.2) is 0 Å². The molecule has 2 rings (SSSR count). The van der Waals surface area contributed by atoms with Crippen molar-refractivity contribution in [3.05, 3.63) is 40.6 Å². The van der Waals surface area contributed by atoms with E-state index >= 15 is 0 Å². The van der Waals surface area contributed by atoms with Gasteiger partial charge >= 0.3 is 0 Å². The molecule has 0 saturated heterocycles. The van der Waals surface area contributed by atoms with Crippen LogP contribution >= 0.6 is 23.2 Å². The second-order valence-electron chi connectivity index (χ2n) is 2.44. The predicted molar refractivity (Wildman–Crippen MR) is 51.4 cm³/mol. The fraction of sp³-hybridized carbons (Fsp3) is 0. The molecule has 0 aliphatic carbocycles. The first-order chi connectivity index (χ1) is 6.27. The molecule has 0 N–H and O–H groups in total. The average molecular weight is 214 g/mol. The van der Waals surface area contributed by atoms with Gasteiger partial charge in [-0.25, -0.2) is 4.68 Å². The van der Waals surface area contributed by atoms with Crippen molar-refractivity contribution in [3.63, 3.8) is 0 Å². The van der Waals surface area contributed by atoms with E-state index < -0.39 is 0 Å². The van der Waals surface area contributed by atoms with Gasteiger partial charge in [-0.3, -0.25) is 0 Å². The molecule has 1 aromatic heterocycles. The number of hydrogen-bond acceptors (Lipinski definition) is 2. The summed E-state index contributed by atoms with van der Waals surface area (Å²) < 4.78 is 1.56. The van der Waals surface area contributed by atoms with Crippen molar-refractivity contribution in [2.75, 3.05) is 0 Å². The molecular weight excluding hydrogens is 209 g/mol. The van der Waals surface area contributed by atoms with Gasteiger partial charge in [-0.2, -0.15) is 0 Å². The third kappa shape index (κ3) is 1.66. The molecule has 5 heteroatoms. The number of nitrogens with zero attached hydrogens (tertiary/aromatic N) is 3. The monoisotopic (exact) mass is 213 g/mol. The summed E-state index contributed by atoms with van der Waals surface area (Å²) in [6.45, 7) is 0. The number of rotatable bonds is 1. The summed E-state index contributed by atoms with van der Waals surface area (Å²) in [4.78, 5) is 0. The molecule has 1 aromatic carbocycles. The van der Waals surface area contributed by atoms with Gasteiger partial charge < -0.3 is 0 Å². The summed E-state index contributed by atoms with van der Waals surface area (Å²) in [7, 11) is 0. The lowest BCUT2D eigenvalue weighted by Crippen LogP contribution is -1.95. The average Bonchev–Trinajstić information content (AvgIpc) is 2.61. The van der Waals surface area contributed by atoms with Crippen LogP contribution in [0.25, 0.3) is 5.69 Å². The van der Waals surface area contributed by atoms with Crippen LogP contribution in [0.5, 0.6) is 0 Å². The van der Waals surface area contributed by atoms with E-state index in [0.717, 1.165) is 5.69 Å². The number of hydrogen-bond donors (Lipinski definition) is 0. The third-order valence-electron chi connectivity index (χ3n) is 1.58. The molecule has 13 heavy (non-hydrogen) atoms. The molecule has 3 nitrogen and oxygen atoms in total. The maximum atomic E-state index is 5.94. The minimum atomic E-state index is 0.593. The Kier molecular flexibility index (Phi) is 2.20. The second-order valence-corrected chi connectivity index (χ2v) is 3.29. The fourth-order valence-electron chi connectivity index (χ4n) is 0.998. The second kappa shape index (κ2) is 3.36. The maximum Gasteiger partial charge on any atom is 0.0864 e. The summed E-state index contributed by atoms with van der Waals surface area (Å²) in [6.07, 6.45) is 3.29. The van der Waals surface area contributed by atoms with E-state index in [9.17, 15) is 0 Å². The van der Waals surface area contributed by atoms with E-state index in [2.05, 4.69) is 10.3 Å². The van der Waals surface area contributed by atoms with Crippen LogP contribution in [0.2, 0.25) is 10.0 Å². The molecule has 0 unspecified atom stereocenters. The van der Waals surface area contributed by atoms with Crippen molar-refractivity contribution in [1.29, 1.82) is 0 Å². The molecule has 0 fully saturated rings. The molecule has 0 amide bonds. The van der Waals surface area contributed by atoms with E-state index in [4.69, 9.17) is 23.2 Å². The Morgan fingerprint density at radius 1 is 1.23 bits per heavy atom. The summed E-state index contributed by atoms with van der Waals surface area (Å²) in [5.41, 5.74) is 0.728. The molecule has 0 aliphatic heterocycles. The zero-order valence-corrected chi connectivity index (χ0v) is 8.00. The van der Waals surface area contributed by atoms with Crippen LogP contribution in [0.1, 0.15) is 0 Å². The van der Waals surface area contributed by atoms with Gasteiger partial charge in [-0.1, -0.05) is 28.4 Å². The van der Waals surface area contributed by atoms with Crippen LogP contribution in [-0.4, -0.2) is 15.0 Å². The highest BCUT2D eigenvalue weighted by atomic mass is 35.5. The normalized spacial score (nSPS) is 10.3. The lowest BCUT2D eigenvalue weighted by atomic mass is 10.3. The molecule has 0 bridgehead atoms. The van der Waals surface area contributed by atoms with Crippen molar-refractivity contribution in [3.8, 4) is 5.69 Å². The summed E-state index contributed by atoms with van der Waals surface area (Å²) in [6, 6.07) is 5.18. The molecule has 0 radical (unpaired) electrons. The first-order valence-electron chi connectivity index (χ1n) is 3.59. The molecule has 1 heterocycles. The number of aromatic nitrogens is 3. The Bertz CT molecular complexity index is 411. The SMILES string of the molecule is Clc1ccc(Cl)c(-n2ccnn2)c1. The van der Waals surface area contributed by atoms with Gasteiger partial charge in [0.05, 0.1) is 23.1 Å². The van der Waals surface area contributed by atoms with E-state index in [1.165, 1.54) is 0 Å². The molecule has 0 spiro atoms. The van der Waals surface area contributed by atoms with Crippen molar-refractivity contribution >= 4 is 23.2 Å². The third-order valence-corrected chi connectivity index (χ3v) is 2.13. The van der Waals surface area contributed by atoms with Gasteiger partial charge in [0.25, 0.3) is 0 Å². The van der Waals surface area contributed by atoms with Crippen LogP contribution in [0.4, 0.5) is 0 Å². The number of benzene rings is 1. The van der Waals surface area contributed by atoms with Gasteiger partial charge in [0, 0.05) is 5.02 Å². The Morgan fingerprint density at radius 3 is 2.77 bits per heavy atom. The maximum absolute atomic E-state index is 5.94. The highest BCUT2D eigenvalue weighted by Crippen LogP contribution is 2.23. The van der Waals surface area contributed by atoms with Crippen molar-refractivity contribution in [1.82, 2.24) is 15.0 Å². The first-order valence-corrected chi connectivity index (χ1v) is 4.35. The molecule has 0 atom stereocenters. The highest BCUT2D eigenvalue weighted by Gasteiger charge is 2.03. The Hall–Kier alpha value is -1.06. The lowest BCUT2D eigenvalue weighted by molar-refractivity contribution is 0.803. The zero-order valence-electron chi connectivity index (χ0n) is 6.48. The largest absolute Gasteiger partial charge is 0.219 e. The standard InChI is InChI=1S/C8H5Cl2N3/c9-6-1-2-7(10)8(5-6)13-4-3-11-12-13/h1-5H. The Morgan fingerprint density at radius 2 is 2.08 bits per heavy atom. The Labute approximate surface area is 84.9 Å². The smallest absolute Gasteiger partial charge is 0.0864 e. The molecule has 66 valence electrons. The van der Waals surface area contributed by atoms with E-state index in [1.807, 2.05) is 0 Å². The first kappa shape index (κ1) is 8.53. The molecular formula is C8H5Cl2N3. The Balaban J connectivity index is 2.57. The zero-order chi connectivity index (χ0) is 9.26. The topological polar surface area (TPSA) is 30.7 Å². The van der Waals surface area contributed by atoms with E-state index in [1.54, 1.807) is 35.3 Å². The number of halogens is 2. The van der Waals surface area contributed by atoms with E-state index in [0.29, 0.717) is 10.0 Å². The van der Waals surface area contributed by atoms with Gasteiger partial charge in [-0.15, -0.1) is 5.10 Å². The predicted octanol–water partition coefficient (Wildman–Crippen LogP) is 2.57. The van der Waals surface area contributed by atoms with Crippen LogP contribution in [0, 0.1) is 0 Å². The van der Waals surface area contributed by atoms with Crippen molar-refractivity contribution in [2.24, 2.45) is 0 Å². The summed E-state index contributed by atoms with van der Waals surface area (Å²) >= 11 is 11.8.